The first-order valence-electron chi connectivity index (χ1n) is 5.94. The van der Waals surface area contributed by atoms with Crippen molar-refractivity contribution in [3.8, 4) is 5.75 Å². The van der Waals surface area contributed by atoms with Gasteiger partial charge in [-0.15, -0.1) is 0 Å². The summed E-state index contributed by atoms with van der Waals surface area (Å²) >= 11 is 3.39. The summed E-state index contributed by atoms with van der Waals surface area (Å²) in [6.45, 7) is 8.27. The predicted octanol–water partition coefficient (Wildman–Crippen LogP) is 4.20. The van der Waals surface area contributed by atoms with Crippen molar-refractivity contribution in [1.29, 1.82) is 0 Å². The summed E-state index contributed by atoms with van der Waals surface area (Å²) in [6.07, 6.45) is 3.49. The Bertz CT molecular complexity index is 518. The van der Waals surface area contributed by atoms with Gasteiger partial charge in [0.2, 0.25) is 0 Å². The molecule has 0 spiro atoms. The van der Waals surface area contributed by atoms with Gasteiger partial charge in [0.05, 0.1) is 0 Å². The van der Waals surface area contributed by atoms with E-state index in [0.29, 0.717) is 12.4 Å². The first-order chi connectivity index (χ1) is 8.93. The molecule has 0 saturated carbocycles. The van der Waals surface area contributed by atoms with E-state index in [1.54, 1.807) is 0 Å². The number of rotatable bonds is 6. The molecule has 0 aromatic heterocycles. The summed E-state index contributed by atoms with van der Waals surface area (Å²) in [5, 5.41) is 8.71. The summed E-state index contributed by atoms with van der Waals surface area (Å²) in [5.41, 5.74) is 2.68. The van der Waals surface area contributed by atoms with Crippen LogP contribution in [0.1, 0.15) is 24.5 Å². The Labute approximate surface area is 121 Å². The topological polar surface area (TPSA) is 46.5 Å². The lowest BCUT2D eigenvalue weighted by molar-refractivity contribution is -0.131. The van der Waals surface area contributed by atoms with Gasteiger partial charge < -0.3 is 9.84 Å². The lowest BCUT2D eigenvalue weighted by Gasteiger charge is -2.13. The van der Waals surface area contributed by atoms with Gasteiger partial charge in [0.25, 0.3) is 0 Å². The van der Waals surface area contributed by atoms with Crippen LogP contribution in [0.3, 0.4) is 0 Å². The number of benzene rings is 1. The Morgan fingerprint density at radius 3 is 2.79 bits per heavy atom. The minimum absolute atomic E-state index is 0.437. The maximum atomic E-state index is 10.6. The fraction of sp³-hybridized carbons (Fsp3) is 0.267. The highest BCUT2D eigenvalue weighted by Gasteiger charge is 2.08. The van der Waals surface area contributed by atoms with Crippen molar-refractivity contribution in [1.82, 2.24) is 0 Å². The fourth-order valence-electron chi connectivity index (χ4n) is 1.51. The van der Waals surface area contributed by atoms with Crippen molar-refractivity contribution < 1.29 is 14.6 Å². The molecule has 0 aliphatic carbocycles. The number of halogens is 1. The molecule has 0 heterocycles. The largest absolute Gasteiger partial charge is 0.488 e. The van der Waals surface area contributed by atoms with Crippen LogP contribution in [-0.2, 0) is 4.79 Å². The average Bonchev–Trinajstić information content (AvgIpc) is 2.34. The summed E-state index contributed by atoms with van der Waals surface area (Å²) < 4.78 is 6.63. The van der Waals surface area contributed by atoms with Crippen molar-refractivity contribution in [3.63, 3.8) is 0 Å². The Hall–Kier alpha value is -1.55. The Morgan fingerprint density at radius 2 is 2.21 bits per heavy atom. The summed E-state index contributed by atoms with van der Waals surface area (Å²) in [6, 6.07) is 3.76. The van der Waals surface area contributed by atoms with Crippen LogP contribution in [0.4, 0.5) is 0 Å². The minimum Gasteiger partial charge on any atom is -0.488 e. The van der Waals surface area contributed by atoms with E-state index in [0.717, 1.165) is 33.7 Å². The Kier molecular flexibility index (Phi) is 5.83. The molecular weight excluding hydrogens is 308 g/mol. The lowest BCUT2D eigenvalue weighted by Crippen LogP contribution is -2.02. The van der Waals surface area contributed by atoms with Crippen LogP contribution in [0.5, 0.6) is 5.75 Å². The molecule has 4 heteroatoms. The Morgan fingerprint density at radius 1 is 1.53 bits per heavy atom. The molecule has 0 aliphatic heterocycles. The smallest absolute Gasteiger partial charge is 0.328 e. The van der Waals surface area contributed by atoms with Gasteiger partial charge in [-0.2, -0.15) is 0 Å². The number of hydrogen-bond donors (Lipinski definition) is 1. The fourth-order valence-corrected chi connectivity index (χ4v) is 2.10. The van der Waals surface area contributed by atoms with Gasteiger partial charge >= 0.3 is 5.97 Å². The number of carboxylic acid groups (broad SMARTS) is 1. The van der Waals surface area contributed by atoms with E-state index in [-0.39, 0.29) is 0 Å². The quantitative estimate of drug-likeness (QED) is 0.630. The highest BCUT2D eigenvalue weighted by molar-refractivity contribution is 9.10. The van der Waals surface area contributed by atoms with Crippen molar-refractivity contribution in [2.45, 2.75) is 20.3 Å². The zero-order chi connectivity index (χ0) is 14.4. The van der Waals surface area contributed by atoms with Gasteiger partial charge in [-0.3, -0.25) is 0 Å². The first-order valence-corrected chi connectivity index (χ1v) is 6.74. The van der Waals surface area contributed by atoms with Crippen molar-refractivity contribution in [2.24, 2.45) is 0 Å². The van der Waals surface area contributed by atoms with Gasteiger partial charge in [0, 0.05) is 16.1 Å². The standard InChI is InChI=1S/C15H17BrO3/c1-4-10(2)9-19-15-11(3)7-13(16)8-12(15)5-6-14(17)18/h5-8H,2,4,9H2,1,3H3,(H,17,18)/b6-5+. The van der Waals surface area contributed by atoms with Crippen molar-refractivity contribution in [3.05, 3.63) is 46.0 Å². The molecule has 0 aliphatic rings. The van der Waals surface area contributed by atoms with Crippen LogP contribution < -0.4 is 4.74 Å². The van der Waals surface area contributed by atoms with Gasteiger partial charge in [-0.1, -0.05) is 29.4 Å². The second-order valence-corrected chi connectivity index (χ2v) is 5.12. The van der Waals surface area contributed by atoms with E-state index in [2.05, 4.69) is 22.5 Å². The zero-order valence-corrected chi connectivity index (χ0v) is 12.7. The molecule has 0 amide bonds. The molecule has 0 bridgehead atoms. The summed E-state index contributed by atoms with van der Waals surface area (Å²) in [4.78, 5) is 10.6. The molecule has 0 saturated heterocycles. The third-order valence-electron chi connectivity index (χ3n) is 2.59. The van der Waals surface area contributed by atoms with Crippen LogP contribution in [0.15, 0.2) is 34.8 Å². The maximum absolute atomic E-state index is 10.6. The van der Waals surface area contributed by atoms with Crippen LogP contribution in [0, 0.1) is 6.92 Å². The molecule has 1 rings (SSSR count). The van der Waals surface area contributed by atoms with Gasteiger partial charge in [0.15, 0.2) is 0 Å². The molecule has 1 aromatic carbocycles. The SMILES string of the molecule is C=C(CC)COc1c(C)cc(Br)cc1/C=C/C(=O)O. The van der Waals surface area contributed by atoms with Gasteiger partial charge in [-0.05, 0) is 42.7 Å². The molecule has 3 nitrogen and oxygen atoms in total. The van der Waals surface area contributed by atoms with Crippen LogP contribution in [0.25, 0.3) is 6.08 Å². The maximum Gasteiger partial charge on any atom is 0.328 e. The highest BCUT2D eigenvalue weighted by Crippen LogP contribution is 2.29. The number of ether oxygens (including phenoxy) is 1. The number of carbonyl (C=O) groups is 1. The number of carboxylic acids is 1. The van der Waals surface area contributed by atoms with E-state index in [4.69, 9.17) is 9.84 Å². The second kappa shape index (κ2) is 7.14. The van der Waals surface area contributed by atoms with Crippen LogP contribution >= 0.6 is 15.9 Å². The third kappa shape index (κ3) is 4.91. The van der Waals surface area contributed by atoms with Crippen molar-refractivity contribution in [2.75, 3.05) is 6.61 Å². The predicted molar refractivity (Wildman–Crippen MR) is 80.5 cm³/mol. The summed E-state index contributed by atoms with van der Waals surface area (Å²) in [5.74, 6) is -0.295. The molecule has 1 aromatic rings. The monoisotopic (exact) mass is 324 g/mol. The highest BCUT2D eigenvalue weighted by atomic mass is 79.9. The molecule has 0 atom stereocenters. The normalized spacial score (nSPS) is 10.7. The molecule has 1 N–H and O–H groups in total. The number of aliphatic carboxylic acids is 1. The average molecular weight is 325 g/mol. The van der Waals surface area contributed by atoms with E-state index >= 15 is 0 Å². The van der Waals surface area contributed by atoms with E-state index in [1.807, 2.05) is 26.0 Å². The number of aryl methyl sites for hydroxylation is 1. The minimum atomic E-state index is -0.985. The number of hydrogen-bond acceptors (Lipinski definition) is 2. The lowest BCUT2D eigenvalue weighted by atomic mass is 10.1. The van der Waals surface area contributed by atoms with Gasteiger partial charge in [0.1, 0.15) is 12.4 Å². The molecular formula is C15H17BrO3. The van der Waals surface area contributed by atoms with Crippen LogP contribution in [0.2, 0.25) is 0 Å². The first kappa shape index (κ1) is 15.5. The molecule has 19 heavy (non-hydrogen) atoms. The molecule has 0 unspecified atom stereocenters. The van der Waals surface area contributed by atoms with Crippen molar-refractivity contribution >= 4 is 28.0 Å². The second-order valence-electron chi connectivity index (χ2n) is 4.20. The Balaban J connectivity index is 3.06. The third-order valence-corrected chi connectivity index (χ3v) is 3.05. The molecule has 102 valence electrons. The van der Waals surface area contributed by atoms with E-state index in [9.17, 15) is 4.79 Å². The van der Waals surface area contributed by atoms with E-state index in [1.165, 1.54) is 6.08 Å². The molecule has 0 fully saturated rings. The van der Waals surface area contributed by atoms with Crippen LogP contribution in [-0.4, -0.2) is 17.7 Å². The van der Waals surface area contributed by atoms with Gasteiger partial charge in [-0.25, -0.2) is 4.79 Å². The zero-order valence-electron chi connectivity index (χ0n) is 11.1. The molecule has 0 radical (unpaired) electrons. The van der Waals surface area contributed by atoms with E-state index < -0.39 is 5.97 Å². The summed E-state index contributed by atoms with van der Waals surface area (Å²) in [7, 11) is 0.